The largest absolute Gasteiger partial charge is 0.457 e. The lowest BCUT2D eigenvalue weighted by Gasteiger charge is -2.09. The molecule has 0 bridgehead atoms. The molecule has 6 nitrogen and oxygen atoms in total. The molecule has 0 spiro atoms. The van der Waals surface area contributed by atoms with Gasteiger partial charge in [-0.1, -0.05) is 18.2 Å². The SMILES string of the molecule is CCn1cc(C=C2Oc3c(ccc(OC(=O)c4ccco4)c3C)C2=O)c2ccccc21. The highest BCUT2D eigenvalue weighted by Crippen LogP contribution is 2.40. The Bertz CT molecular complexity index is 1360. The van der Waals surface area contributed by atoms with Gasteiger partial charge in [-0.25, -0.2) is 4.79 Å². The van der Waals surface area contributed by atoms with Crippen molar-refractivity contribution >= 4 is 28.7 Å². The molecule has 0 fully saturated rings. The average molecular weight is 413 g/mol. The summed E-state index contributed by atoms with van der Waals surface area (Å²) in [6.07, 6.45) is 5.19. The zero-order chi connectivity index (χ0) is 21.5. The van der Waals surface area contributed by atoms with Gasteiger partial charge in [0.15, 0.2) is 5.76 Å². The van der Waals surface area contributed by atoms with Crippen LogP contribution in [0.15, 0.2) is 71.2 Å². The van der Waals surface area contributed by atoms with Crippen LogP contribution in [-0.2, 0) is 6.54 Å². The Balaban J connectivity index is 1.49. The second-order valence-corrected chi connectivity index (χ2v) is 7.26. The number of furan rings is 1. The van der Waals surface area contributed by atoms with Crippen molar-refractivity contribution in [1.29, 1.82) is 0 Å². The fourth-order valence-electron chi connectivity index (χ4n) is 3.82. The van der Waals surface area contributed by atoms with Crippen molar-refractivity contribution in [3.05, 3.63) is 89.2 Å². The number of fused-ring (bicyclic) bond motifs is 2. The predicted molar refractivity (Wildman–Crippen MR) is 115 cm³/mol. The summed E-state index contributed by atoms with van der Waals surface area (Å²) >= 11 is 0. The van der Waals surface area contributed by atoms with E-state index < -0.39 is 5.97 Å². The number of para-hydroxylation sites is 1. The van der Waals surface area contributed by atoms with Gasteiger partial charge in [-0.2, -0.15) is 0 Å². The van der Waals surface area contributed by atoms with Crippen LogP contribution in [-0.4, -0.2) is 16.3 Å². The fraction of sp³-hybridized carbons (Fsp3) is 0.120. The Labute approximate surface area is 178 Å². The van der Waals surface area contributed by atoms with Crippen molar-refractivity contribution in [2.75, 3.05) is 0 Å². The van der Waals surface area contributed by atoms with Crippen LogP contribution >= 0.6 is 0 Å². The van der Waals surface area contributed by atoms with E-state index in [1.807, 2.05) is 24.4 Å². The van der Waals surface area contributed by atoms with Crippen LogP contribution < -0.4 is 9.47 Å². The molecule has 2 aromatic heterocycles. The van der Waals surface area contributed by atoms with Crippen LogP contribution in [0.2, 0.25) is 0 Å². The van der Waals surface area contributed by atoms with E-state index in [0.29, 0.717) is 22.6 Å². The number of hydrogen-bond acceptors (Lipinski definition) is 5. The number of esters is 1. The third-order valence-electron chi connectivity index (χ3n) is 5.41. The van der Waals surface area contributed by atoms with E-state index in [2.05, 4.69) is 17.6 Å². The first-order chi connectivity index (χ1) is 15.1. The number of carbonyl (C=O) groups is 2. The van der Waals surface area contributed by atoms with Crippen molar-refractivity contribution in [3.8, 4) is 11.5 Å². The number of allylic oxidation sites excluding steroid dienone is 1. The predicted octanol–water partition coefficient (Wildman–Crippen LogP) is 5.40. The first kappa shape index (κ1) is 18.9. The minimum atomic E-state index is -0.611. The number of nitrogens with zero attached hydrogens (tertiary/aromatic N) is 1. The van der Waals surface area contributed by atoms with Gasteiger partial charge < -0.3 is 18.5 Å². The maximum atomic E-state index is 13.0. The summed E-state index contributed by atoms with van der Waals surface area (Å²) in [5.41, 5.74) is 3.03. The standard InChI is InChI=1S/C25H19NO5/c1-3-26-14-16(17-7-4-5-8-19(17)26)13-22-23(27)18-10-11-20(15(2)24(18)30-22)31-25(28)21-9-6-12-29-21/h4-14H,3H2,1-2H3. The number of benzene rings is 2. The van der Waals surface area contributed by atoms with Crippen molar-refractivity contribution in [2.24, 2.45) is 0 Å². The molecule has 31 heavy (non-hydrogen) atoms. The molecule has 3 heterocycles. The molecule has 6 heteroatoms. The van der Waals surface area contributed by atoms with E-state index in [0.717, 1.165) is 23.0 Å². The van der Waals surface area contributed by atoms with Gasteiger partial charge in [0.1, 0.15) is 11.5 Å². The Hall–Kier alpha value is -4.06. The van der Waals surface area contributed by atoms with E-state index in [1.165, 1.54) is 12.3 Å². The molecular formula is C25H19NO5. The molecule has 1 aliphatic rings. The van der Waals surface area contributed by atoms with Gasteiger partial charge >= 0.3 is 5.97 Å². The van der Waals surface area contributed by atoms with Gasteiger partial charge in [0, 0.05) is 34.8 Å². The number of aromatic nitrogens is 1. The van der Waals surface area contributed by atoms with E-state index in [4.69, 9.17) is 13.9 Å². The molecule has 4 aromatic rings. The van der Waals surface area contributed by atoms with Gasteiger partial charge in [0.2, 0.25) is 11.5 Å². The van der Waals surface area contributed by atoms with Crippen LogP contribution in [0, 0.1) is 6.92 Å². The first-order valence-electron chi connectivity index (χ1n) is 9.98. The molecular weight excluding hydrogens is 394 g/mol. The lowest BCUT2D eigenvalue weighted by atomic mass is 10.1. The van der Waals surface area contributed by atoms with Crippen molar-refractivity contribution in [1.82, 2.24) is 4.57 Å². The number of ketones is 1. The van der Waals surface area contributed by atoms with Crippen LogP contribution in [0.25, 0.3) is 17.0 Å². The molecule has 0 saturated carbocycles. The Morgan fingerprint density at radius 1 is 1.13 bits per heavy atom. The molecule has 1 aliphatic heterocycles. The third kappa shape index (κ3) is 3.13. The number of carbonyl (C=O) groups excluding carboxylic acids is 2. The Kier molecular flexibility index (Phi) is 4.47. The topological polar surface area (TPSA) is 70.7 Å². The normalized spacial score (nSPS) is 14.1. The number of aryl methyl sites for hydroxylation is 1. The van der Waals surface area contributed by atoms with Gasteiger partial charge in [-0.3, -0.25) is 4.79 Å². The van der Waals surface area contributed by atoms with Crippen molar-refractivity contribution < 1.29 is 23.5 Å². The molecule has 154 valence electrons. The highest BCUT2D eigenvalue weighted by atomic mass is 16.5. The van der Waals surface area contributed by atoms with Crippen LogP contribution in [0.4, 0.5) is 0 Å². The smallest absolute Gasteiger partial charge is 0.379 e. The Morgan fingerprint density at radius 3 is 2.74 bits per heavy atom. The minimum Gasteiger partial charge on any atom is -0.457 e. The van der Waals surface area contributed by atoms with Gasteiger partial charge in [-0.05, 0) is 50.3 Å². The van der Waals surface area contributed by atoms with E-state index in [9.17, 15) is 9.59 Å². The van der Waals surface area contributed by atoms with Crippen LogP contribution in [0.1, 0.15) is 39.0 Å². The monoisotopic (exact) mass is 413 g/mol. The molecule has 0 N–H and O–H groups in total. The molecule has 0 saturated heterocycles. The number of rotatable bonds is 4. The summed E-state index contributed by atoms with van der Waals surface area (Å²) in [6, 6.07) is 14.4. The molecule has 2 aromatic carbocycles. The molecule has 0 unspecified atom stereocenters. The summed E-state index contributed by atoms with van der Waals surface area (Å²) in [5.74, 6) is 0.254. The van der Waals surface area contributed by atoms with E-state index in [1.54, 1.807) is 31.2 Å². The lowest BCUT2D eigenvalue weighted by molar-refractivity contribution is 0.0700. The highest BCUT2D eigenvalue weighted by Gasteiger charge is 2.31. The second kappa shape index (κ2) is 7.32. The zero-order valence-electron chi connectivity index (χ0n) is 17.0. The summed E-state index contributed by atoms with van der Waals surface area (Å²) in [4.78, 5) is 25.2. The summed E-state index contributed by atoms with van der Waals surface area (Å²) in [7, 11) is 0. The summed E-state index contributed by atoms with van der Waals surface area (Å²) in [5, 5.41) is 1.05. The molecule has 5 rings (SSSR count). The minimum absolute atomic E-state index is 0.102. The quantitative estimate of drug-likeness (QED) is 0.255. The van der Waals surface area contributed by atoms with Gasteiger partial charge in [-0.15, -0.1) is 0 Å². The zero-order valence-corrected chi connectivity index (χ0v) is 17.0. The maximum Gasteiger partial charge on any atom is 0.379 e. The van der Waals surface area contributed by atoms with E-state index >= 15 is 0 Å². The summed E-state index contributed by atoms with van der Waals surface area (Å²) < 4.78 is 18.6. The molecule has 0 aliphatic carbocycles. The fourth-order valence-corrected chi connectivity index (χ4v) is 3.82. The van der Waals surface area contributed by atoms with Crippen LogP contribution in [0.3, 0.4) is 0 Å². The van der Waals surface area contributed by atoms with Crippen molar-refractivity contribution in [2.45, 2.75) is 20.4 Å². The highest BCUT2D eigenvalue weighted by molar-refractivity contribution is 6.15. The van der Waals surface area contributed by atoms with E-state index in [-0.39, 0.29) is 17.3 Å². The number of hydrogen-bond donors (Lipinski definition) is 0. The lowest BCUT2D eigenvalue weighted by Crippen LogP contribution is -2.08. The average Bonchev–Trinajstić information content (AvgIpc) is 3.50. The third-order valence-corrected chi connectivity index (χ3v) is 5.41. The number of ether oxygens (including phenoxy) is 2. The molecule has 0 atom stereocenters. The second-order valence-electron chi connectivity index (χ2n) is 7.26. The van der Waals surface area contributed by atoms with Gasteiger partial charge in [0.25, 0.3) is 0 Å². The first-order valence-corrected chi connectivity index (χ1v) is 9.98. The molecule has 0 radical (unpaired) electrons. The maximum absolute atomic E-state index is 13.0. The Morgan fingerprint density at radius 2 is 1.97 bits per heavy atom. The summed E-state index contributed by atoms with van der Waals surface area (Å²) in [6.45, 7) is 4.65. The van der Waals surface area contributed by atoms with Crippen LogP contribution in [0.5, 0.6) is 11.5 Å². The number of Topliss-reactive ketones (excluding diaryl/α,β-unsaturated/α-hetero) is 1. The van der Waals surface area contributed by atoms with Crippen molar-refractivity contribution in [3.63, 3.8) is 0 Å². The van der Waals surface area contributed by atoms with Gasteiger partial charge in [0.05, 0.1) is 11.8 Å². The molecule has 0 amide bonds.